The molecule has 0 saturated carbocycles. The average molecular weight is 283 g/mol. The van der Waals surface area contributed by atoms with Crippen LogP contribution in [0.5, 0.6) is 0 Å². The second-order valence-electron chi connectivity index (χ2n) is 5.15. The number of carbonyl (C=O) groups is 1. The SMILES string of the molecule is Cc1cccc(N(C)CCC(=O)Nc2ccccc2N)c1. The van der Waals surface area contributed by atoms with Crippen molar-refractivity contribution in [2.24, 2.45) is 0 Å². The maximum absolute atomic E-state index is 12.0. The van der Waals surface area contributed by atoms with Crippen molar-refractivity contribution in [1.29, 1.82) is 0 Å². The smallest absolute Gasteiger partial charge is 0.226 e. The number of nitrogens with two attached hydrogens (primary N) is 1. The van der Waals surface area contributed by atoms with Crippen LogP contribution in [0.3, 0.4) is 0 Å². The highest BCUT2D eigenvalue weighted by atomic mass is 16.1. The molecule has 0 bridgehead atoms. The first-order valence-corrected chi connectivity index (χ1v) is 6.98. The average Bonchev–Trinajstić information content (AvgIpc) is 2.47. The number of nitrogens with one attached hydrogen (secondary N) is 1. The molecule has 0 aliphatic rings. The number of benzene rings is 2. The number of amides is 1. The van der Waals surface area contributed by atoms with E-state index >= 15 is 0 Å². The van der Waals surface area contributed by atoms with Crippen molar-refractivity contribution in [3.8, 4) is 0 Å². The first kappa shape index (κ1) is 14.9. The molecule has 0 unspecified atom stereocenters. The van der Waals surface area contributed by atoms with Crippen LogP contribution >= 0.6 is 0 Å². The zero-order valence-electron chi connectivity index (χ0n) is 12.5. The van der Waals surface area contributed by atoms with Crippen LogP contribution in [0.15, 0.2) is 48.5 Å². The number of carbonyl (C=O) groups excluding carboxylic acids is 1. The van der Waals surface area contributed by atoms with Crippen LogP contribution < -0.4 is 16.0 Å². The molecule has 0 heterocycles. The topological polar surface area (TPSA) is 58.4 Å². The van der Waals surface area contributed by atoms with Crippen LogP contribution in [0.25, 0.3) is 0 Å². The van der Waals surface area contributed by atoms with Crippen LogP contribution in [0, 0.1) is 6.92 Å². The predicted octanol–water partition coefficient (Wildman–Crippen LogP) is 3.04. The molecule has 0 aliphatic heterocycles. The van der Waals surface area contributed by atoms with Crippen molar-refractivity contribution in [1.82, 2.24) is 0 Å². The third kappa shape index (κ3) is 4.24. The molecule has 0 aliphatic carbocycles. The second kappa shape index (κ2) is 6.79. The first-order chi connectivity index (χ1) is 10.1. The van der Waals surface area contributed by atoms with Gasteiger partial charge in [-0.05, 0) is 36.8 Å². The lowest BCUT2D eigenvalue weighted by molar-refractivity contribution is -0.116. The van der Waals surface area contributed by atoms with E-state index in [4.69, 9.17) is 5.73 Å². The summed E-state index contributed by atoms with van der Waals surface area (Å²) in [4.78, 5) is 14.0. The standard InChI is InChI=1S/C17H21N3O/c1-13-6-5-7-14(12-13)20(2)11-10-17(21)19-16-9-4-3-8-15(16)18/h3-9,12H,10-11,18H2,1-2H3,(H,19,21). The zero-order chi connectivity index (χ0) is 15.2. The van der Waals surface area contributed by atoms with Gasteiger partial charge in [0.25, 0.3) is 0 Å². The Morgan fingerprint density at radius 3 is 2.67 bits per heavy atom. The van der Waals surface area contributed by atoms with Crippen LogP contribution in [-0.2, 0) is 4.79 Å². The molecular formula is C17H21N3O. The Morgan fingerprint density at radius 2 is 1.95 bits per heavy atom. The maximum Gasteiger partial charge on any atom is 0.226 e. The van der Waals surface area contributed by atoms with Crippen molar-refractivity contribution in [3.05, 3.63) is 54.1 Å². The van der Waals surface area contributed by atoms with Crippen molar-refractivity contribution >= 4 is 23.0 Å². The number of anilines is 3. The van der Waals surface area contributed by atoms with Crippen LogP contribution in [0.1, 0.15) is 12.0 Å². The first-order valence-electron chi connectivity index (χ1n) is 6.98. The highest BCUT2D eigenvalue weighted by molar-refractivity contribution is 5.94. The van der Waals surface area contributed by atoms with E-state index in [1.165, 1.54) is 5.56 Å². The van der Waals surface area contributed by atoms with E-state index in [1.54, 1.807) is 12.1 Å². The van der Waals surface area contributed by atoms with E-state index in [0.29, 0.717) is 24.3 Å². The van der Waals surface area contributed by atoms with Gasteiger partial charge in [-0.1, -0.05) is 24.3 Å². The fourth-order valence-electron chi connectivity index (χ4n) is 2.09. The molecule has 3 N–H and O–H groups in total. The quantitative estimate of drug-likeness (QED) is 0.829. The molecule has 21 heavy (non-hydrogen) atoms. The molecule has 0 aromatic heterocycles. The Morgan fingerprint density at radius 1 is 1.19 bits per heavy atom. The summed E-state index contributed by atoms with van der Waals surface area (Å²) >= 11 is 0. The van der Waals surface area contributed by atoms with Gasteiger partial charge < -0.3 is 16.0 Å². The summed E-state index contributed by atoms with van der Waals surface area (Å²) in [6.07, 6.45) is 0.415. The third-order valence-corrected chi connectivity index (χ3v) is 3.35. The summed E-state index contributed by atoms with van der Waals surface area (Å²) in [5.41, 5.74) is 9.38. The number of hydrogen-bond donors (Lipinski definition) is 2. The number of nitrogens with zero attached hydrogens (tertiary/aromatic N) is 1. The van der Waals surface area contributed by atoms with Crippen molar-refractivity contribution in [2.45, 2.75) is 13.3 Å². The van der Waals surface area contributed by atoms with E-state index in [-0.39, 0.29) is 5.91 Å². The Balaban J connectivity index is 1.88. The monoisotopic (exact) mass is 283 g/mol. The molecule has 0 atom stereocenters. The Bertz CT molecular complexity index is 625. The van der Waals surface area contributed by atoms with Gasteiger partial charge in [-0.25, -0.2) is 0 Å². The molecule has 0 spiro atoms. The molecule has 1 amide bonds. The number of rotatable bonds is 5. The van der Waals surface area contributed by atoms with Gasteiger partial charge in [0.1, 0.15) is 0 Å². The van der Waals surface area contributed by atoms with Crippen molar-refractivity contribution in [3.63, 3.8) is 0 Å². The van der Waals surface area contributed by atoms with E-state index in [0.717, 1.165) is 5.69 Å². The fraction of sp³-hybridized carbons (Fsp3) is 0.235. The minimum atomic E-state index is -0.0348. The van der Waals surface area contributed by atoms with Gasteiger partial charge in [-0.2, -0.15) is 0 Å². The van der Waals surface area contributed by atoms with Crippen LogP contribution in [-0.4, -0.2) is 19.5 Å². The molecule has 2 aromatic rings. The molecule has 110 valence electrons. The van der Waals surface area contributed by atoms with Gasteiger partial charge >= 0.3 is 0 Å². The van der Waals surface area contributed by atoms with E-state index in [9.17, 15) is 4.79 Å². The van der Waals surface area contributed by atoms with Gasteiger partial charge in [-0.3, -0.25) is 4.79 Å². The Labute approximate surface area is 125 Å². The van der Waals surface area contributed by atoms with Crippen molar-refractivity contribution in [2.75, 3.05) is 29.5 Å². The highest BCUT2D eigenvalue weighted by Gasteiger charge is 2.07. The fourth-order valence-corrected chi connectivity index (χ4v) is 2.09. The molecule has 4 nitrogen and oxygen atoms in total. The summed E-state index contributed by atoms with van der Waals surface area (Å²) < 4.78 is 0. The third-order valence-electron chi connectivity index (χ3n) is 3.35. The Hall–Kier alpha value is -2.49. The van der Waals surface area contributed by atoms with Gasteiger partial charge in [0, 0.05) is 25.7 Å². The van der Waals surface area contributed by atoms with Gasteiger partial charge in [-0.15, -0.1) is 0 Å². The predicted molar refractivity (Wildman–Crippen MR) is 88.6 cm³/mol. The molecule has 4 heteroatoms. The number of nitrogen functional groups attached to an aromatic ring is 1. The second-order valence-corrected chi connectivity index (χ2v) is 5.15. The van der Waals surface area contributed by atoms with Gasteiger partial charge in [0.05, 0.1) is 11.4 Å². The van der Waals surface area contributed by atoms with Crippen molar-refractivity contribution < 1.29 is 4.79 Å². The van der Waals surface area contributed by atoms with E-state index < -0.39 is 0 Å². The minimum absolute atomic E-state index is 0.0348. The summed E-state index contributed by atoms with van der Waals surface area (Å²) in [5, 5.41) is 2.84. The normalized spacial score (nSPS) is 10.2. The summed E-state index contributed by atoms with van der Waals surface area (Å²) in [7, 11) is 1.99. The summed E-state index contributed by atoms with van der Waals surface area (Å²) in [6.45, 7) is 2.71. The van der Waals surface area contributed by atoms with Crippen LogP contribution in [0.4, 0.5) is 17.1 Å². The number of hydrogen-bond acceptors (Lipinski definition) is 3. The molecule has 0 fully saturated rings. The Kier molecular flexibility index (Phi) is 4.82. The molecule has 0 saturated heterocycles. The lowest BCUT2D eigenvalue weighted by Gasteiger charge is -2.19. The zero-order valence-corrected chi connectivity index (χ0v) is 12.5. The number of aryl methyl sites for hydroxylation is 1. The van der Waals surface area contributed by atoms with Gasteiger partial charge in [0.15, 0.2) is 0 Å². The highest BCUT2D eigenvalue weighted by Crippen LogP contribution is 2.17. The van der Waals surface area contributed by atoms with Gasteiger partial charge in [0.2, 0.25) is 5.91 Å². The largest absolute Gasteiger partial charge is 0.397 e. The minimum Gasteiger partial charge on any atom is -0.397 e. The molecule has 2 aromatic carbocycles. The lowest BCUT2D eigenvalue weighted by Crippen LogP contribution is -2.24. The lowest BCUT2D eigenvalue weighted by atomic mass is 10.2. The number of para-hydroxylation sites is 2. The summed E-state index contributed by atoms with van der Waals surface area (Å²) in [5.74, 6) is -0.0348. The van der Waals surface area contributed by atoms with Crippen LogP contribution in [0.2, 0.25) is 0 Å². The molecule has 2 rings (SSSR count). The van der Waals surface area contributed by atoms with E-state index in [2.05, 4.69) is 29.3 Å². The molecule has 0 radical (unpaired) electrons. The summed E-state index contributed by atoms with van der Waals surface area (Å²) in [6, 6.07) is 15.5. The maximum atomic E-state index is 12.0. The van der Waals surface area contributed by atoms with E-state index in [1.807, 2.05) is 31.3 Å². The molecular weight excluding hydrogens is 262 g/mol.